The zero-order chi connectivity index (χ0) is 32.5. The van der Waals surface area contributed by atoms with Gasteiger partial charge in [0.1, 0.15) is 22.5 Å². The number of Topliss-reactive ketones (excluding diaryl/α,β-unsaturated/α-hetero) is 1. The highest BCUT2D eigenvalue weighted by Gasteiger charge is 2.24. The van der Waals surface area contributed by atoms with E-state index in [4.69, 9.17) is 9.47 Å². The number of aromatic amines is 1. The van der Waals surface area contributed by atoms with Crippen LogP contribution in [-0.2, 0) is 11.2 Å². The molecule has 0 aliphatic carbocycles. The summed E-state index contributed by atoms with van der Waals surface area (Å²) >= 11 is 0. The highest BCUT2D eigenvalue weighted by atomic mass is 19.1. The summed E-state index contributed by atoms with van der Waals surface area (Å²) < 4.78 is 42.2. The first-order chi connectivity index (χ1) is 21.4. The van der Waals surface area contributed by atoms with E-state index in [0.717, 1.165) is 22.8 Å². The molecule has 234 valence electrons. The summed E-state index contributed by atoms with van der Waals surface area (Å²) in [6.45, 7) is 7.71. The number of halogens is 2. The molecule has 0 aliphatic rings. The third-order valence-electron chi connectivity index (χ3n) is 7.02. The van der Waals surface area contributed by atoms with Gasteiger partial charge in [-0.2, -0.15) is 5.10 Å². The summed E-state index contributed by atoms with van der Waals surface area (Å²) in [6.07, 6.45) is 2.39. The fraction of sp³-hybridized carbons (Fsp3) is 0.281. The van der Waals surface area contributed by atoms with Gasteiger partial charge in [-0.25, -0.2) is 23.1 Å². The molecule has 3 heterocycles. The summed E-state index contributed by atoms with van der Waals surface area (Å²) in [4.78, 5) is 44.1. The number of hydrogen-bond donors (Lipinski definition) is 2. The minimum absolute atomic E-state index is 0.103. The third-order valence-corrected chi connectivity index (χ3v) is 7.02. The fourth-order valence-electron chi connectivity index (χ4n) is 4.90. The quantitative estimate of drug-likeness (QED) is 0.194. The molecule has 0 fully saturated rings. The predicted octanol–water partition coefficient (Wildman–Crippen LogP) is 5.18. The number of hydrogen-bond acceptors (Lipinski definition) is 8. The number of aromatic nitrogens is 5. The summed E-state index contributed by atoms with van der Waals surface area (Å²) in [5.74, 6) is -1.26. The first-order valence-corrected chi connectivity index (χ1v) is 14.1. The minimum atomic E-state index is -0.853. The molecule has 0 saturated carbocycles. The number of rotatable bonds is 11. The molecule has 0 spiro atoms. The minimum Gasteiger partial charge on any atom is -0.453 e. The molecule has 11 nitrogen and oxygen atoms in total. The van der Waals surface area contributed by atoms with Gasteiger partial charge in [0, 0.05) is 38.0 Å². The number of nitrogens with one attached hydrogen (secondary N) is 2. The molecule has 0 aliphatic heterocycles. The molecule has 0 bridgehead atoms. The Hall–Kier alpha value is -5.17. The second-order valence-corrected chi connectivity index (χ2v) is 11.5. The van der Waals surface area contributed by atoms with E-state index in [0.29, 0.717) is 29.2 Å². The SMILES string of the molecule is COCC(C)(C)Nc1n[nH]c2nccc(Oc3ccc(CC(=O)c4cn(C(C)C)c(=O)n(-c5ccc(F)cc5)c4=O)cc3F)c12. The van der Waals surface area contributed by atoms with Gasteiger partial charge in [-0.1, -0.05) is 6.07 Å². The predicted molar refractivity (Wildman–Crippen MR) is 165 cm³/mol. The van der Waals surface area contributed by atoms with Crippen molar-refractivity contribution in [1.82, 2.24) is 24.3 Å². The lowest BCUT2D eigenvalue weighted by Crippen LogP contribution is -2.42. The molecule has 0 amide bonds. The van der Waals surface area contributed by atoms with Crippen LogP contribution >= 0.6 is 0 Å². The second-order valence-electron chi connectivity index (χ2n) is 11.5. The van der Waals surface area contributed by atoms with Crippen LogP contribution in [0.2, 0.25) is 0 Å². The summed E-state index contributed by atoms with van der Waals surface area (Å²) in [5, 5.41) is 10.9. The molecule has 13 heteroatoms. The Balaban J connectivity index is 1.43. The van der Waals surface area contributed by atoms with Crippen LogP contribution < -0.4 is 21.3 Å². The average Bonchev–Trinajstić information content (AvgIpc) is 3.38. The van der Waals surface area contributed by atoms with Gasteiger partial charge in [0.25, 0.3) is 5.56 Å². The van der Waals surface area contributed by atoms with Gasteiger partial charge in [0.2, 0.25) is 0 Å². The Labute approximate surface area is 256 Å². The number of carbonyl (C=O) groups excluding carboxylic acids is 1. The molecule has 45 heavy (non-hydrogen) atoms. The van der Waals surface area contributed by atoms with Crippen LogP contribution in [0.1, 0.15) is 49.7 Å². The van der Waals surface area contributed by atoms with Crippen molar-refractivity contribution in [2.24, 2.45) is 0 Å². The van der Waals surface area contributed by atoms with Crippen molar-refractivity contribution >= 4 is 22.6 Å². The Bertz CT molecular complexity index is 2000. The van der Waals surface area contributed by atoms with Crippen molar-refractivity contribution in [2.45, 2.75) is 45.7 Å². The lowest BCUT2D eigenvalue weighted by atomic mass is 10.0. The van der Waals surface area contributed by atoms with E-state index in [-0.39, 0.29) is 35.0 Å². The Morgan fingerprint density at radius 1 is 1.07 bits per heavy atom. The normalized spacial score (nSPS) is 11.7. The van der Waals surface area contributed by atoms with Crippen LogP contribution in [0.15, 0.2) is 70.5 Å². The van der Waals surface area contributed by atoms with Crippen molar-refractivity contribution in [3.05, 3.63) is 105 Å². The van der Waals surface area contributed by atoms with Crippen molar-refractivity contribution in [1.29, 1.82) is 0 Å². The molecule has 0 radical (unpaired) electrons. The van der Waals surface area contributed by atoms with Gasteiger partial charge < -0.3 is 14.8 Å². The highest BCUT2D eigenvalue weighted by molar-refractivity contribution is 5.97. The lowest BCUT2D eigenvalue weighted by molar-refractivity contribution is 0.0990. The topological polar surface area (TPSA) is 133 Å². The van der Waals surface area contributed by atoms with Gasteiger partial charge in [0.15, 0.2) is 28.8 Å². The van der Waals surface area contributed by atoms with Gasteiger partial charge in [0.05, 0.1) is 17.8 Å². The van der Waals surface area contributed by atoms with E-state index >= 15 is 4.39 Å². The largest absolute Gasteiger partial charge is 0.453 e. The molecule has 5 aromatic rings. The lowest BCUT2D eigenvalue weighted by Gasteiger charge is -2.25. The number of carbonyl (C=O) groups is 1. The van der Waals surface area contributed by atoms with Crippen molar-refractivity contribution in [3.63, 3.8) is 0 Å². The molecule has 2 N–H and O–H groups in total. The van der Waals surface area contributed by atoms with Crippen LogP contribution in [-0.4, -0.2) is 49.4 Å². The van der Waals surface area contributed by atoms with Gasteiger partial charge in [-0.3, -0.25) is 19.3 Å². The smallest absolute Gasteiger partial charge is 0.335 e. The maximum Gasteiger partial charge on any atom is 0.335 e. The zero-order valence-electron chi connectivity index (χ0n) is 25.4. The molecule has 2 aromatic carbocycles. The van der Waals surface area contributed by atoms with E-state index in [9.17, 15) is 18.8 Å². The van der Waals surface area contributed by atoms with Gasteiger partial charge >= 0.3 is 5.69 Å². The zero-order valence-corrected chi connectivity index (χ0v) is 25.4. The fourth-order valence-corrected chi connectivity index (χ4v) is 4.90. The number of ether oxygens (including phenoxy) is 2. The molecular formula is C32H32F2N6O5. The summed E-state index contributed by atoms with van der Waals surface area (Å²) in [7, 11) is 1.59. The van der Waals surface area contributed by atoms with Gasteiger partial charge in [-0.05, 0) is 69.7 Å². The van der Waals surface area contributed by atoms with E-state index in [1.807, 2.05) is 13.8 Å². The highest BCUT2D eigenvalue weighted by Crippen LogP contribution is 2.35. The average molecular weight is 619 g/mol. The Morgan fingerprint density at radius 2 is 1.80 bits per heavy atom. The number of benzene rings is 2. The monoisotopic (exact) mass is 618 g/mol. The summed E-state index contributed by atoms with van der Waals surface area (Å²) in [5.41, 5.74) is -1.43. The molecular weight excluding hydrogens is 586 g/mol. The number of ketones is 1. The first kappa shape index (κ1) is 31.3. The van der Waals surface area contributed by atoms with Crippen LogP contribution in [0.3, 0.4) is 0 Å². The van der Waals surface area contributed by atoms with Crippen LogP contribution in [0.4, 0.5) is 14.6 Å². The van der Waals surface area contributed by atoms with E-state index in [2.05, 4.69) is 20.5 Å². The van der Waals surface area contributed by atoms with Gasteiger partial charge in [-0.15, -0.1) is 0 Å². The van der Waals surface area contributed by atoms with Crippen molar-refractivity contribution in [2.75, 3.05) is 19.0 Å². The third kappa shape index (κ3) is 6.53. The molecule has 0 unspecified atom stereocenters. The van der Waals surface area contributed by atoms with Crippen LogP contribution in [0.25, 0.3) is 16.7 Å². The standard InChI is InChI=1S/C32H32F2N6O5/c1-18(2)39-16-22(30(42)40(31(39)43)21-9-7-20(33)8-10-21)24(41)15-19-6-11-25(23(34)14-19)45-26-12-13-35-28-27(26)29(38-37-28)36-32(3,4)17-44-5/h6-14,16,18H,15,17H2,1-5H3,(H2,35,36,37,38). The molecule has 0 atom stereocenters. The number of H-pyrrole nitrogens is 1. The number of fused-ring (bicyclic) bond motifs is 1. The van der Waals surface area contributed by atoms with Crippen LogP contribution in [0.5, 0.6) is 11.5 Å². The van der Waals surface area contributed by atoms with Crippen LogP contribution in [0, 0.1) is 11.6 Å². The number of pyridine rings is 1. The maximum atomic E-state index is 15.4. The van der Waals surface area contributed by atoms with E-state index in [1.165, 1.54) is 41.2 Å². The van der Waals surface area contributed by atoms with Crippen molar-refractivity contribution in [3.8, 4) is 17.2 Å². The molecule has 5 rings (SSSR count). The molecule has 3 aromatic heterocycles. The Kier molecular flexibility index (Phi) is 8.64. The first-order valence-electron chi connectivity index (χ1n) is 14.1. The summed E-state index contributed by atoms with van der Waals surface area (Å²) in [6, 6.07) is 10.0. The number of nitrogens with zero attached hydrogens (tertiary/aromatic N) is 4. The maximum absolute atomic E-state index is 15.4. The number of anilines is 1. The number of methoxy groups -OCH3 is 1. The second kappa shape index (κ2) is 12.4. The molecule has 0 saturated heterocycles. The van der Waals surface area contributed by atoms with E-state index < -0.39 is 34.2 Å². The van der Waals surface area contributed by atoms with Crippen molar-refractivity contribution < 1.29 is 23.0 Å². The van der Waals surface area contributed by atoms with E-state index in [1.54, 1.807) is 27.0 Å². The Morgan fingerprint density at radius 3 is 2.47 bits per heavy atom.